The number of hydrogen-bond acceptors (Lipinski definition) is 2. The number of carbonyl (C=O) groups excluding carboxylic acids is 1. The van der Waals surface area contributed by atoms with Crippen molar-refractivity contribution in [3.05, 3.63) is 35.9 Å². The van der Waals surface area contributed by atoms with Crippen LogP contribution in [0.4, 0.5) is 0 Å². The molecular formula is C13H18ClNO. The highest BCUT2D eigenvalue weighted by molar-refractivity contribution is 6.64. The highest BCUT2D eigenvalue weighted by Gasteiger charge is 2.27. The van der Waals surface area contributed by atoms with Gasteiger partial charge in [0.05, 0.1) is 5.41 Å². The van der Waals surface area contributed by atoms with E-state index in [1.165, 1.54) is 5.56 Å². The van der Waals surface area contributed by atoms with Crippen molar-refractivity contribution in [2.24, 2.45) is 5.41 Å². The Morgan fingerprint density at radius 3 is 2.38 bits per heavy atom. The molecule has 0 saturated carbocycles. The van der Waals surface area contributed by atoms with E-state index in [9.17, 15) is 4.79 Å². The molecule has 0 radical (unpaired) electrons. The topological polar surface area (TPSA) is 20.3 Å². The lowest BCUT2D eigenvalue weighted by Crippen LogP contribution is -2.34. The van der Waals surface area contributed by atoms with Crippen LogP contribution in [0.25, 0.3) is 0 Å². The molecule has 3 heteroatoms. The summed E-state index contributed by atoms with van der Waals surface area (Å²) in [6.45, 7) is 5.21. The Bertz CT molecular complexity index is 348. The van der Waals surface area contributed by atoms with Crippen molar-refractivity contribution >= 4 is 16.8 Å². The molecule has 0 heterocycles. The Morgan fingerprint density at radius 1 is 1.31 bits per heavy atom. The van der Waals surface area contributed by atoms with Gasteiger partial charge >= 0.3 is 0 Å². The van der Waals surface area contributed by atoms with E-state index in [2.05, 4.69) is 17.0 Å². The minimum atomic E-state index is -0.495. The average Bonchev–Trinajstić information content (AvgIpc) is 2.17. The molecule has 0 spiro atoms. The maximum absolute atomic E-state index is 11.2. The van der Waals surface area contributed by atoms with Gasteiger partial charge in [0.2, 0.25) is 5.24 Å². The summed E-state index contributed by atoms with van der Waals surface area (Å²) in [6.07, 6.45) is 0. The van der Waals surface area contributed by atoms with Crippen LogP contribution in [0.5, 0.6) is 0 Å². The van der Waals surface area contributed by atoms with Gasteiger partial charge in [-0.2, -0.15) is 0 Å². The molecule has 88 valence electrons. The highest BCUT2D eigenvalue weighted by Crippen LogP contribution is 2.20. The van der Waals surface area contributed by atoms with E-state index < -0.39 is 5.41 Å². The summed E-state index contributed by atoms with van der Waals surface area (Å²) < 4.78 is 0. The summed E-state index contributed by atoms with van der Waals surface area (Å²) in [5, 5.41) is -0.285. The second kappa shape index (κ2) is 5.46. The van der Waals surface area contributed by atoms with Crippen molar-refractivity contribution in [2.45, 2.75) is 20.4 Å². The first kappa shape index (κ1) is 13.2. The lowest BCUT2D eigenvalue weighted by atomic mass is 9.95. The van der Waals surface area contributed by atoms with Crippen molar-refractivity contribution in [1.82, 2.24) is 4.90 Å². The normalized spacial score (nSPS) is 11.8. The van der Waals surface area contributed by atoms with Crippen molar-refractivity contribution in [3.8, 4) is 0 Å². The van der Waals surface area contributed by atoms with Crippen LogP contribution in [0.3, 0.4) is 0 Å². The molecule has 0 aliphatic rings. The average molecular weight is 240 g/mol. The molecule has 0 aromatic heterocycles. The van der Waals surface area contributed by atoms with E-state index >= 15 is 0 Å². The third kappa shape index (κ3) is 3.95. The van der Waals surface area contributed by atoms with Crippen LogP contribution in [-0.4, -0.2) is 23.7 Å². The highest BCUT2D eigenvalue weighted by atomic mass is 35.5. The molecule has 1 aromatic rings. The zero-order valence-corrected chi connectivity index (χ0v) is 10.8. The van der Waals surface area contributed by atoms with Crippen LogP contribution in [0.1, 0.15) is 19.4 Å². The molecule has 0 bridgehead atoms. The Kier molecular flexibility index (Phi) is 4.51. The van der Waals surface area contributed by atoms with Crippen molar-refractivity contribution in [2.75, 3.05) is 13.6 Å². The summed E-state index contributed by atoms with van der Waals surface area (Å²) in [5.41, 5.74) is 0.744. The van der Waals surface area contributed by atoms with E-state index in [1.807, 2.05) is 39.1 Å². The quantitative estimate of drug-likeness (QED) is 0.737. The van der Waals surface area contributed by atoms with Gasteiger partial charge in [-0.05, 0) is 24.2 Å². The van der Waals surface area contributed by atoms with E-state index in [0.29, 0.717) is 6.54 Å². The van der Waals surface area contributed by atoms with Crippen LogP contribution in [0.15, 0.2) is 30.3 Å². The van der Waals surface area contributed by atoms with Gasteiger partial charge in [-0.1, -0.05) is 44.2 Å². The fraction of sp³-hybridized carbons (Fsp3) is 0.462. The van der Waals surface area contributed by atoms with Crippen LogP contribution in [-0.2, 0) is 11.3 Å². The monoisotopic (exact) mass is 239 g/mol. The Morgan fingerprint density at radius 2 is 1.88 bits per heavy atom. The van der Waals surface area contributed by atoms with E-state index in [4.69, 9.17) is 11.6 Å². The molecule has 1 aromatic carbocycles. The standard InChI is InChI=1S/C13H18ClNO/c1-13(2,12(14)16)10-15(3)9-11-7-5-4-6-8-11/h4-8H,9-10H2,1-3H3. The molecule has 0 unspecified atom stereocenters. The van der Waals surface area contributed by atoms with Crippen LogP contribution in [0, 0.1) is 5.41 Å². The smallest absolute Gasteiger partial charge is 0.228 e. The molecule has 0 saturated heterocycles. The lowest BCUT2D eigenvalue weighted by Gasteiger charge is -2.26. The SMILES string of the molecule is CN(Cc1ccccc1)CC(C)(C)C(=O)Cl. The molecule has 16 heavy (non-hydrogen) atoms. The van der Waals surface area contributed by atoms with Gasteiger partial charge in [-0.15, -0.1) is 0 Å². The fourth-order valence-electron chi connectivity index (χ4n) is 1.69. The van der Waals surface area contributed by atoms with Gasteiger partial charge in [0, 0.05) is 13.1 Å². The molecule has 1 rings (SSSR count). The molecule has 0 N–H and O–H groups in total. The molecule has 0 aliphatic carbocycles. The summed E-state index contributed by atoms with van der Waals surface area (Å²) in [6, 6.07) is 10.2. The van der Waals surface area contributed by atoms with Crippen molar-refractivity contribution in [3.63, 3.8) is 0 Å². The van der Waals surface area contributed by atoms with Crippen molar-refractivity contribution in [1.29, 1.82) is 0 Å². The zero-order valence-electron chi connectivity index (χ0n) is 10.0. The summed E-state index contributed by atoms with van der Waals surface area (Å²) in [4.78, 5) is 13.3. The van der Waals surface area contributed by atoms with Gasteiger partial charge in [-0.3, -0.25) is 4.79 Å². The minimum absolute atomic E-state index is 0.285. The van der Waals surface area contributed by atoms with Crippen LogP contribution in [0.2, 0.25) is 0 Å². The Labute approximate surface area is 102 Å². The van der Waals surface area contributed by atoms with Gasteiger partial charge in [0.15, 0.2) is 0 Å². The van der Waals surface area contributed by atoms with Gasteiger partial charge in [-0.25, -0.2) is 0 Å². The number of benzene rings is 1. The number of halogens is 1. The van der Waals surface area contributed by atoms with Gasteiger partial charge < -0.3 is 4.90 Å². The summed E-state index contributed by atoms with van der Waals surface area (Å²) in [5.74, 6) is 0. The van der Waals surface area contributed by atoms with Gasteiger partial charge in [0.1, 0.15) is 0 Å². The largest absolute Gasteiger partial charge is 0.301 e. The summed E-state index contributed by atoms with van der Waals surface area (Å²) in [7, 11) is 1.99. The Balaban J connectivity index is 2.54. The minimum Gasteiger partial charge on any atom is -0.301 e. The molecular weight excluding hydrogens is 222 g/mol. The predicted octanol–water partition coefficient (Wildman–Crippen LogP) is 2.91. The molecule has 0 aliphatic heterocycles. The number of carbonyl (C=O) groups is 1. The van der Waals surface area contributed by atoms with E-state index in [-0.39, 0.29) is 5.24 Å². The van der Waals surface area contributed by atoms with Crippen molar-refractivity contribution < 1.29 is 4.79 Å². The van der Waals surface area contributed by atoms with Crippen LogP contribution >= 0.6 is 11.6 Å². The van der Waals surface area contributed by atoms with Gasteiger partial charge in [0.25, 0.3) is 0 Å². The molecule has 2 nitrogen and oxygen atoms in total. The molecule has 0 fully saturated rings. The zero-order chi connectivity index (χ0) is 12.2. The fourth-order valence-corrected chi connectivity index (χ4v) is 1.75. The molecule has 0 atom stereocenters. The van der Waals surface area contributed by atoms with E-state index in [0.717, 1.165) is 6.54 Å². The van der Waals surface area contributed by atoms with E-state index in [1.54, 1.807) is 0 Å². The second-order valence-electron chi connectivity index (χ2n) is 4.82. The lowest BCUT2D eigenvalue weighted by molar-refractivity contribution is -0.119. The number of rotatable bonds is 5. The summed E-state index contributed by atoms with van der Waals surface area (Å²) >= 11 is 5.55. The maximum Gasteiger partial charge on any atom is 0.228 e. The van der Waals surface area contributed by atoms with Crippen LogP contribution < -0.4 is 0 Å². The first-order valence-electron chi connectivity index (χ1n) is 5.34. The number of nitrogens with zero attached hydrogens (tertiary/aromatic N) is 1. The first-order chi connectivity index (χ1) is 7.42. The predicted molar refractivity (Wildman–Crippen MR) is 67.4 cm³/mol. The third-order valence-corrected chi connectivity index (χ3v) is 3.00. The third-order valence-electron chi connectivity index (χ3n) is 2.49. The first-order valence-corrected chi connectivity index (χ1v) is 5.72. The Hall–Kier alpha value is -0.860. The maximum atomic E-state index is 11.2. The molecule has 0 amide bonds. The number of hydrogen-bond donors (Lipinski definition) is 0. The second-order valence-corrected chi connectivity index (χ2v) is 5.16.